The molecule has 0 aliphatic rings. The molecule has 0 amide bonds. The van der Waals surface area contributed by atoms with E-state index in [2.05, 4.69) is 5.11 Å². The first-order valence-corrected chi connectivity index (χ1v) is 4.94. The van der Waals surface area contributed by atoms with Gasteiger partial charge in [0.1, 0.15) is 6.54 Å². The minimum atomic E-state index is -0.354. The van der Waals surface area contributed by atoms with Gasteiger partial charge in [0.25, 0.3) is 0 Å². The van der Waals surface area contributed by atoms with Crippen LogP contribution in [0.2, 0.25) is 0 Å². The highest BCUT2D eigenvalue weighted by atomic mass is 28.2. The van der Waals surface area contributed by atoms with Gasteiger partial charge in [0, 0.05) is 12.5 Å². The number of ether oxygens (including phenoxy) is 1. The SMILES string of the molecule is CC=CC(=O)OCCC/N=[N+](\[O-])[SiH3]. The van der Waals surface area contributed by atoms with Gasteiger partial charge in [-0.3, -0.25) is 0 Å². The van der Waals surface area contributed by atoms with E-state index >= 15 is 0 Å². The zero-order chi connectivity index (χ0) is 10.1. The van der Waals surface area contributed by atoms with Gasteiger partial charge in [0.2, 0.25) is 0 Å². The Balaban J connectivity index is 3.36. The second-order valence-electron chi connectivity index (χ2n) is 2.35. The van der Waals surface area contributed by atoms with Crippen LogP contribution in [0.25, 0.3) is 0 Å². The normalized spacial score (nSPS) is 12.2. The number of allylic oxidation sites excluding steroid dienone is 1. The highest BCUT2D eigenvalue weighted by Crippen LogP contribution is 1.87. The van der Waals surface area contributed by atoms with E-state index < -0.39 is 0 Å². The van der Waals surface area contributed by atoms with Crippen LogP contribution in [0.1, 0.15) is 13.3 Å². The number of hydrogen-bond acceptors (Lipinski definition) is 4. The lowest BCUT2D eigenvalue weighted by molar-refractivity contribution is -0.375. The fourth-order valence-electron chi connectivity index (χ4n) is 0.633. The Morgan fingerprint density at radius 2 is 2.46 bits per heavy atom. The van der Waals surface area contributed by atoms with Crippen LogP contribution in [0.4, 0.5) is 0 Å². The van der Waals surface area contributed by atoms with Crippen molar-refractivity contribution in [3.05, 3.63) is 17.4 Å². The Morgan fingerprint density at radius 3 is 3.00 bits per heavy atom. The molecule has 13 heavy (non-hydrogen) atoms. The maximum absolute atomic E-state index is 10.7. The third kappa shape index (κ3) is 8.74. The quantitative estimate of drug-likeness (QED) is 0.154. The summed E-state index contributed by atoms with van der Waals surface area (Å²) in [6.45, 7) is 2.46. The van der Waals surface area contributed by atoms with Gasteiger partial charge in [-0.05, 0) is 6.92 Å². The molecule has 0 aliphatic heterocycles. The number of rotatable bonds is 5. The van der Waals surface area contributed by atoms with E-state index in [1.54, 1.807) is 13.0 Å². The first-order chi connectivity index (χ1) is 6.16. The molecule has 5 nitrogen and oxygen atoms in total. The van der Waals surface area contributed by atoms with Crippen LogP contribution in [0, 0.1) is 5.21 Å². The fourth-order valence-corrected chi connectivity index (χ4v) is 0.833. The number of carbonyl (C=O) groups excluding carboxylic acids is 1. The summed E-state index contributed by atoms with van der Waals surface area (Å²) in [7, 11) is 0.377. The van der Waals surface area contributed by atoms with E-state index in [1.165, 1.54) is 6.08 Å². The van der Waals surface area contributed by atoms with Crippen molar-refractivity contribution >= 4 is 16.4 Å². The molecule has 0 saturated heterocycles. The van der Waals surface area contributed by atoms with Crippen molar-refractivity contribution in [2.75, 3.05) is 13.2 Å². The van der Waals surface area contributed by atoms with Crippen molar-refractivity contribution in [3.63, 3.8) is 0 Å². The van der Waals surface area contributed by atoms with Gasteiger partial charge in [-0.2, -0.15) is 4.53 Å². The Kier molecular flexibility index (Phi) is 6.80. The van der Waals surface area contributed by atoms with Crippen molar-refractivity contribution in [1.29, 1.82) is 0 Å². The second-order valence-corrected chi connectivity index (χ2v) is 3.12. The molecular weight excluding hydrogens is 188 g/mol. The largest absolute Gasteiger partial charge is 0.622 e. The molecule has 0 spiro atoms. The van der Waals surface area contributed by atoms with Crippen molar-refractivity contribution < 1.29 is 14.1 Å². The number of nitrogens with zero attached hydrogens (tertiary/aromatic N) is 2. The third-order valence-corrected chi connectivity index (χ3v) is 1.43. The van der Waals surface area contributed by atoms with E-state index in [1.807, 2.05) is 0 Å². The zero-order valence-corrected chi connectivity index (χ0v) is 9.90. The van der Waals surface area contributed by atoms with Gasteiger partial charge in [0.15, 0.2) is 0 Å². The first kappa shape index (κ1) is 11.8. The van der Waals surface area contributed by atoms with Crippen LogP contribution in [-0.4, -0.2) is 34.1 Å². The Hall–Kier alpha value is -1.17. The lowest BCUT2D eigenvalue weighted by Gasteiger charge is -1.98. The molecule has 0 N–H and O–H groups in total. The van der Waals surface area contributed by atoms with Crippen molar-refractivity contribution in [3.8, 4) is 0 Å². The third-order valence-electron chi connectivity index (χ3n) is 1.15. The average molecular weight is 202 g/mol. The second kappa shape index (κ2) is 7.47. The molecule has 0 heterocycles. The standard InChI is InChI=1S/C7H14N2O3Si/c1-2-4-7(10)12-6-3-5-8-9(11)13/h2,4H,3,5-6H2,1,13H3/b4-2?,9-8+. The molecule has 74 valence electrons. The maximum atomic E-state index is 10.7. The highest BCUT2D eigenvalue weighted by Gasteiger charge is 1.95. The van der Waals surface area contributed by atoms with Gasteiger partial charge >= 0.3 is 16.4 Å². The number of esters is 1. The van der Waals surface area contributed by atoms with Gasteiger partial charge in [-0.1, -0.05) is 11.2 Å². The Bertz CT molecular complexity index is 212. The number of hydrogen-bond donors (Lipinski definition) is 0. The average Bonchev–Trinajstić information content (AvgIpc) is 2.03. The summed E-state index contributed by atoms with van der Waals surface area (Å²) in [6, 6.07) is 0. The van der Waals surface area contributed by atoms with E-state index in [0.717, 1.165) is 0 Å². The summed E-state index contributed by atoms with van der Waals surface area (Å²) in [5, 5.41) is 13.9. The first-order valence-electron chi connectivity index (χ1n) is 4.04. The van der Waals surface area contributed by atoms with Crippen LogP contribution in [-0.2, 0) is 9.53 Å². The van der Waals surface area contributed by atoms with E-state index in [4.69, 9.17) is 4.74 Å². The van der Waals surface area contributed by atoms with Crippen molar-refractivity contribution in [1.82, 2.24) is 0 Å². The summed E-state index contributed by atoms with van der Waals surface area (Å²) >= 11 is 0. The van der Waals surface area contributed by atoms with Crippen LogP contribution in [0.15, 0.2) is 17.3 Å². The summed E-state index contributed by atoms with van der Waals surface area (Å²) in [6.07, 6.45) is 3.55. The summed E-state index contributed by atoms with van der Waals surface area (Å²) in [5.41, 5.74) is 0. The molecule has 0 aliphatic carbocycles. The summed E-state index contributed by atoms with van der Waals surface area (Å²) in [5.74, 6) is -0.354. The topological polar surface area (TPSA) is 64.7 Å². The monoisotopic (exact) mass is 202 g/mol. The predicted octanol–water partition coefficient (Wildman–Crippen LogP) is -0.261. The molecular formula is C7H14N2O3Si. The summed E-state index contributed by atoms with van der Waals surface area (Å²) < 4.78 is 5.40. The minimum Gasteiger partial charge on any atom is -0.622 e. The molecule has 0 rings (SSSR count). The van der Waals surface area contributed by atoms with Crippen LogP contribution in [0.5, 0.6) is 0 Å². The predicted molar refractivity (Wildman–Crippen MR) is 51.3 cm³/mol. The molecule has 0 aromatic heterocycles. The van der Waals surface area contributed by atoms with Gasteiger partial charge in [0.05, 0.1) is 6.61 Å². The summed E-state index contributed by atoms with van der Waals surface area (Å²) in [4.78, 5) is 10.7. The van der Waals surface area contributed by atoms with Gasteiger partial charge in [-0.25, -0.2) is 4.79 Å². The zero-order valence-electron chi connectivity index (χ0n) is 7.90. The molecule has 0 bridgehead atoms. The molecule has 0 radical (unpaired) electrons. The lowest BCUT2D eigenvalue weighted by atomic mass is 10.4. The smallest absolute Gasteiger partial charge is 0.354 e. The Morgan fingerprint density at radius 1 is 1.77 bits per heavy atom. The van der Waals surface area contributed by atoms with E-state index in [9.17, 15) is 10.0 Å². The molecule has 0 aromatic carbocycles. The van der Waals surface area contributed by atoms with Gasteiger partial charge in [-0.15, -0.1) is 0 Å². The molecule has 0 atom stereocenters. The van der Waals surface area contributed by atoms with Gasteiger partial charge < -0.3 is 9.94 Å². The van der Waals surface area contributed by atoms with Crippen LogP contribution in [0.3, 0.4) is 0 Å². The minimum absolute atomic E-state index is 0.308. The van der Waals surface area contributed by atoms with Crippen molar-refractivity contribution in [2.45, 2.75) is 13.3 Å². The molecule has 0 fully saturated rings. The van der Waals surface area contributed by atoms with E-state index in [0.29, 0.717) is 34.5 Å². The Labute approximate surface area is 80.2 Å². The van der Waals surface area contributed by atoms with Crippen LogP contribution >= 0.6 is 0 Å². The fraction of sp³-hybridized carbons (Fsp3) is 0.571. The maximum Gasteiger partial charge on any atom is 0.354 e. The van der Waals surface area contributed by atoms with Crippen molar-refractivity contribution in [2.24, 2.45) is 5.11 Å². The number of carbonyl (C=O) groups is 1. The molecule has 0 unspecified atom stereocenters. The highest BCUT2D eigenvalue weighted by molar-refractivity contribution is 5.95. The molecule has 6 heteroatoms. The molecule has 0 aromatic rings. The van der Waals surface area contributed by atoms with E-state index in [-0.39, 0.29) is 5.97 Å². The molecule has 0 saturated carbocycles. The van der Waals surface area contributed by atoms with Crippen LogP contribution < -0.4 is 0 Å². The lowest BCUT2D eigenvalue weighted by Crippen LogP contribution is -2.04.